The second-order valence-electron chi connectivity index (χ2n) is 3.87. The van der Waals surface area contributed by atoms with Crippen molar-refractivity contribution in [2.24, 2.45) is 0 Å². The zero-order valence-corrected chi connectivity index (χ0v) is 10.6. The van der Waals surface area contributed by atoms with E-state index in [1.165, 1.54) is 7.11 Å². The molecule has 0 fully saturated rings. The van der Waals surface area contributed by atoms with E-state index in [0.29, 0.717) is 31.3 Å². The molecule has 100 valence electrons. The predicted octanol–water partition coefficient (Wildman–Crippen LogP) is 1.39. The molecule has 1 heterocycles. The number of hydrogen-bond donors (Lipinski definition) is 1. The Kier molecular flexibility index (Phi) is 4.63. The highest BCUT2D eigenvalue weighted by Gasteiger charge is 2.07. The topological polar surface area (TPSA) is 77.2 Å². The zero-order chi connectivity index (χ0) is 13.5. The van der Waals surface area contributed by atoms with E-state index in [1.807, 2.05) is 30.3 Å². The van der Waals surface area contributed by atoms with Crippen LogP contribution in [0.2, 0.25) is 0 Å². The largest absolute Gasteiger partial charge is 0.469 e. The fourth-order valence-corrected chi connectivity index (χ4v) is 1.51. The first-order valence-electron chi connectivity index (χ1n) is 5.95. The van der Waals surface area contributed by atoms with E-state index in [2.05, 4.69) is 20.3 Å². The predicted molar refractivity (Wildman–Crippen MR) is 68.1 cm³/mol. The Labute approximate surface area is 110 Å². The van der Waals surface area contributed by atoms with E-state index in [0.717, 1.165) is 5.56 Å². The molecular formula is C13H15N3O3. The molecule has 0 saturated carbocycles. The van der Waals surface area contributed by atoms with E-state index in [1.54, 1.807) is 0 Å². The minimum absolute atomic E-state index is 0.247. The van der Waals surface area contributed by atoms with E-state index in [4.69, 9.17) is 4.42 Å². The summed E-state index contributed by atoms with van der Waals surface area (Å²) in [5, 5.41) is 10.9. The number of rotatable bonds is 6. The van der Waals surface area contributed by atoms with Crippen LogP contribution >= 0.6 is 0 Å². The Morgan fingerprint density at radius 1 is 1.32 bits per heavy atom. The lowest BCUT2D eigenvalue weighted by Gasteiger charge is -2.00. The third-order valence-corrected chi connectivity index (χ3v) is 2.50. The monoisotopic (exact) mass is 261 g/mol. The van der Waals surface area contributed by atoms with Crippen molar-refractivity contribution >= 4 is 5.97 Å². The lowest BCUT2D eigenvalue weighted by atomic mass is 10.2. The summed E-state index contributed by atoms with van der Waals surface area (Å²) in [5.74, 6) is 0.733. The summed E-state index contributed by atoms with van der Waals surface area (Å²) in [6.07, 6.45) is 0.316. The quantitative estimate of drug-likeness (QED) is 0.625. The van der Waals surface area contributed by atoms with Gasteiger partial charge in [-0.2, -0.15) is 0 Å². The number of carbonyl (C=O) groups is 1. The zero-order valence-electron chi connectivity index (χ0n) is 10.6. The summed E-state index contributed by atoms with van der Waals surface area (Å²) in [5.41, 5.74) is 0.885. The highest BCUT2D eigenvalue weighted by molar-refractivity contribution is 5.69. The Morgan fingerprint density at radius 2 is 2.11 bits per heavy atom. The average Bonchev–Trinajstić information content (AvgIpc) is 2.93. The molecule has 0 unspecified atom stereocenters. The molecule has 0 spiro atoms. The van der Waals surface area contributed by atoms with Gasteiger partial charge in [0.25, 0.3) is 0 Å². The van der Waals surface area contributed by atoms with Crippen LogP contribution in [-0.4, -0.2) is 29.8 Å². The average molecular weight is 261 g/mol. The van der Waals surface area contributed by atoms with Crippen molar-refractivity contribution in [1.29, 1.82) is 0 Å². The lowest BCUT2D eigenvalue weighted by Crippen LogP contribution is -2.18. The van der Waals surface area contributed by atoms with Gasteiger partial charge in [-0.15, -0.1) is 10.2 Å². The molecule has 0 saturated heterocycles. The van der Waals surface area contributed by atoms with Crippen LogP contribution in [0.3, 0.4) is 0 Å². The Hall–Kier alpha value is -2.21. The lowest BCUT2D eigenvalue weighted by molar-refractivity contribution is -0.140. The molecule has 0 atom stereocenters. The number of ether oxygens (including phenoxy) is 1. The molecule has 6 heteroatoms. The normalized spacial score (nSPS) is 10.4. The molecule has 6 nitrogen and oxygen atoms in total. The Bertz CT molecular complexity index is 525. The molecule has 1 N–H and O–H groups in total. The summed E-state index contributed by atoms with van der Waals surface area (Å²) in [6.45, 7) is 0.937. The van der Waals surface area contributed by atoms with Gasteiger partial charge in [-0.25, -0.2) is 0 Å². The number of nitrogens with zero attached hydrogens (tertiary/aromatic N) is 2. The molecule has 1 aromatic carbocycles. The van der Waals surface area contributed by atoms with Gasteiger partial charge in [0.1, 0.15) is 0 Å². The van der Waals surface area contributed by atoms with Crippen molar-refractivity contribution in [1.82, 2.24) is 15.5 Å². The van der Waals surface area contributed by atoms with Crippen LogP contribution in [0.25, 0.3) is 11.5 Å². The van der Waals surface area contributed by atoms with Gasteiger partial charge in [0, 0.05) is 12.1 Å². The maximum atomic E-state index is 10.9. The number of benzene rings is 1. The summed E-state index contributed by atoms with van der Waals surface area (Å²) in [7, 11) is 1.37. The van der Waals surface area contributed by atoms with Crippen molar-refractivity contribution in [3.63, 3.8) is 0 Å². The number of carbonyl (C=O) groups excluding carboxylic acids is 1. The van der Waals surface area contributed by atoms with E-state index in [9.17, 15) is 4.79 Å². The van der Waals surface area contributed by atoms with Crippen LogP contribution in [0.5, 0.6) is 0 Å². The summed E-state index contributed by atoms with van der Waals surface area (Å²) in [4.78, 5) is 10.9. The second-order valence-corrected chi connectivity index (χ2v) is 3.87. The van der Waals surface area contributed by atoms with Crippen molar-refractivity contribution < 1.29 is 13.9 Å². The molecule has 0 aliphatic heterocycles. The van der Waals surface area contributed by atoms with Crippen LogP contribution in [0.1, 0.15) is 12.3 Å². The highest BCUT2D eigenvalue weighted by Crippen LogP contribution is 2.16. The van der Waals surface area contributed by atoms with Crippen molar-refractivity contribution in [2.45, 2.75) is 13.0 Å². The highest BCUT2D eigenvalue weighted by atomic mass is 16.5. The van der Waals surface area contributed by atoms with Crippen LogP contribution in [0, 0.1) is 0 Å². The second kappa shape index (κ2) is 6.65. The SMILES string of the molecule is COC(=O)CCNCc1nnc(-c2ccccc2)o1. The van der Waals surface area contributed by atoms with Crippen molar-refractivity contribution in [2.75, 3.05) is 13.7 Å². The molecule has 0 aliphatic carbocycles. The summed E-state index contributed by atoms with van der Waals surface area (Å²) < 4.78 is 10.0. The summed E-state index contributed by atoms with van der Waals surface area (Å²) >= 11 is 0. The molecule has 19 heavy (non-hydrogen) atoms. The maximum absolute atomic E-state index is 10.9. The van der Waals surface area contributed by atoms with Gasteiger partial charge < -0.3 is 14.5 Å². The first-order valence-corrected chi connectivity index (χ1v) is 5.95. The molecule has 2 aromatic rings. The maximum Gasteiger partial charge on any atom is 0.306 e. The van der Waals surface area contributed by atoms with Gasteiger partial charge in [0.2, 0.25) is 11.8 Å². The van der Waals surface area contributed by atoms with Gasteiger partial charge >= 0.3 is 5.97 Å². The molecule has 0 aliphatic rings. The molecule has 1 aromatic heterocycles. The Balaban J connectivity index is 1.83. The minimum atomic E-state index is -0.247. The van der Waals surface area contributed by atoms with Crippen molar-refractivity contribution in [3.05, 3.63) is 36.2 Å². The first kappa shape index (κ1) is 13.2. The number of methoxy groups -OCH3 is 1. The third-order valence-electron chi connectivity index (χ3n) is 2.50. The van der Waals surface area contributed by atoms with Gasteiger partial charge in [0.15, 0.2) is 0 Å². The smallest absolute Gasteiger partial charge is 0.306 e. The molecule has 0 amide bonds. The molecule has 0 radical (unpaired) electrons. The number of hydrogen-bond acceptors (Lipinski definition) is 6. The molecule has 0 bridgehead atoms. The van der Waals surface area contributed by atoms with E-state index >= 15 is 0 Å². The fourth-order valence-electron chi connectivity index (χ4n) is 1.51. The van der Waals surface area contributed by atoms with E-state index < -0.39 is 0 Å². The van der Waals surface area contributed by atoms with Crippen molar-refractivity contribution in [3.8, 4) is 11.5 Å². The fraction of sp³-hybridized carbons (Fsp3) is 0.308. The summed E-state index contributed by atoms with van der Waals surface area (Å²) in [6, 6.07) is 9.56. The number of esters is 1. The van der Waals surface area contributed by atoms with E-state index in [-0.39, 0.29) is 5.97 Å². The standard InChI is InChI=1S/C13H15N3O3/c1-18-12(17)7-8-14-9-11-15-16-13(19-11)10-5-3-2-4-6-10/h2-6,14H,7-9H2,1H3. The van der Waals surface area contributed by atoms with Crippen LogP contribution < -0.4 is 5.32 Å². The molecule has 2 rings (SSSR count). The minimum Gasteiger partial charge on any atom is -0.469 e. The third kappa shape index (κ3) is 3.89. The van der Waals surface area contributed by atoms with Crippen LogP contribution in [0.15, 0.2) is 34.7 Å². The first-order chi connectivity index (χ1) is 9.29. The van der Waals surface area contributed by atoms with Gasteiger partial charge in [-0.3, -0.25) is 4.79 Å². The molecular weight excluding hydrogens is 246 g/mol. The van der Waals surface area contributed by atoms with Gasteiger partial charge in [-0.05, 0) is 12.1 Å². The van der Waals surface area contributed by atoms with Gasteiger partial charge in [-0.1, -0.05) is 18.2 Å². The van der Waals surface area contributed by atoms with Crippen LogP contribution in [0.4, 0.5) is 0 Å². The van der Waals surface area contributed by atoms with Gasteiger partial charge in [0.05, 0.1) is 20.1 Å². The Morgan fingerprint density at radius 3 is 2.84 bits per heavy atom. The van der Waals surface area contributed by atoms with Crippen LogP contribution in [-0.2, 0) is 16.1 Å². The number of nitrogens with one attached hydrogen (secondary N) is 1. The number of aromatic nitrogens is 2.